The van der Waals surface area contributed by atoms with Crippen molar-refractivity contribution in [1.82, 2.24) is 10.3 Å². The van der Waals surface area contributed by atoms with Crippen molar-refractivity contribution in [1.29, 1.82) is 0 Å². The Bertz CT molecular complexity index is 559. The molecule has 1 unspecified atom stereocenters. The summed E-state index contributed by atoms with van der Waals surface area (Å²) in [5.74, 6) is -0.323. The molecule has 0 spiro atoms. The largest absolute Gasteiger partial charge is 0.304 e. The second kappa shape index (κ2) is 6.13. The standard InChI is InChI=1S/C15H16ClFN2/c1-10(12-7-13(17)9-18-8-12)19-11(2)14-5-3-4-6-15(14)16/h3-11,19H,1-2H3/t10?,11-/m1/s1. The third-order valence-electron chi connectivity index (χ3n) is 3.10. The third kappa shape index (κ3) is 3.52. The first-order valence-electron chi connectivity index (χ1n) is 6.19. The number of aromatic nitrogens is 1. The predicted molar refractivity (Wildman–Crippen MR) is 75.6 cm³/mol. The van der Waals surface area contributed by atoms with Crippen LogP contribution in [0.25, 0.3) is 0 Å². The van der Waals surface area contributed by atoms with Gasteiger partial charge in [-0.3, -0.25) is 4.98 Å². The minimum absolute atomic E-state index is 0.00512. The minimum atomic E-state index is -0.323. The van der Waals surface area contributed by atoms with Gasteiger partial charge in [0.15, 0.2) is 0 Å². The summed E-state index contributed by atoms with van der Waals surface area (Å²) in [4.78, 5) is 3.86. The maximum atomic E-state index is 13.1. The molecular weight excluding hydrogens is 263 g/mol. The Labute approximate surface area is 117 Å². The van der Waals surface area contributed by atoms with Crippen LogP contribution in [0.3, 0.4) is 0 Å². The molecule has 0 amide bonds. The Morgan fingerprint density at radius 2 is 1.89 bits per heavy atom. The first-order chi connectivity index (χ1) is 9.08. The van der Waals surface area contributed by atoms with E-state index in [1.165, 1.54) is 12.3 Å². The average molecular weight is 279 g/mol. The molecule has 2 atom stereocenters. The lowest BCUT2D eigenvalue weighted by atomic mass is 10.1. The zero-order valence-corrected chi connectivity index (χ0v) is 11.7. The van der Waals surface area contributed by atoms with E-state index in [1.54, 1.807) is 6.20 Å². The predicted octanol–water partition coefficient (Wildman–Crippen LogP) is 4.29. The van der Waals surface area contributed by atoms with Crippen LogP contribution in [0.1, 0.15) is 37.1 Å². The summed E-state index contributed by atoms with van der Waals surface area (Å²) in [5, 5.41) is 4.12. The molecule has 0 aliphatic carbocycles. The van der Waals surface area contributed by atoms with Crippen LogP contribution in [0, 0.1) is 5.82 Å². The Balaban J connectivity index is 2.11. The van der Waals surface area contributed by atoms with Crippen molar-refractivity contribution in [2.45, 2.75) is 25.9 Å². The lowest BCUT2D eigenvalue weighted by Gasteiger charge is -2.21. The van der Waals surface area contributed by atoms with Gasteiger partial charge in [-0.2, -0.15) is 0 Å². The highest BCUT2D eigenvalue weighted by molar-refractivity contribution is 6.31. The van der Waals surface area contributed by atoms with Gasteiger partial charge >= 0.3 is 0 Å². The second-order valence-electron chi connectivity index (χ2n) is 4.57. The summed E-state index contributed by atoms with van der Waals surface area (Å²) in [6, 6.07) is 9.26. The molecule has 0 saturated heterocycles. The second-order valence-corrected chi connectivity index (χ2v) is 4.98. The van der Waals surface area contributed by atoms with Gasteiger partial charge < -0.3 is 5.32 Å². The lowest BCUT2D eigenvalue weighted by Crippen LogP contribution is -2.22. The van der Waals surface area contributed by atoms with Crippen molar-refractivity contribution in [3.8, 4) is 0 Å². The van der Waals surface area contributed by atoms with Crippen LogP contribution in [0.2, 0.25) is 5.02 Å². The molecule has 0 saturated carbocycles. The fraction of sp³-hybridized carbons (Fsp3) is 0.267. The molecule has 1 aromatic heterocycles. The van der Waals surface area contributed by atoms with Crippen molar-refractivity contribution in [3.05, 3.63) is 64.7 Å². The molecule has 1 N–H and O–H groups in total. The number of nitrogens with zero attached hydrogens (tertiary/aromatic N) is 1. The van der Waals surface area contributed by atoms with Crippen LogP contribution in [0.15, 0.2) is 42.7 Å². The number of hydrogen-bond donors (Lipinski definition) is 1. The maximum absolute atomic E-state index is 13.1. The number of rotatable bonds is 4. The smallest absolute Gasteiger partial charge is 0.141 e. The summed E-state index contributed by atoms with van der Waals surface area (Å²) in [7, 11) is 0. The van der Waals surface area contributed by atoms with E-state index in [2.05, 4.69) is 10.3 Å². The summed E-state index contributed by atoms with van der Waals surface area (Å²) < 4.78 is 13.1. The molecule has 0 bridgehead atoms. The topological polar surface area (TPSA) is 24.9 Å². The van der Waals surface area contributed by atoms with Gasteiger partial charge in [-0.05, 0) is 37.1 Å². The van der Waals surface area contributed by atoms with Gasteiger partial charge in [-0.1, -0.05) is 29.8 Å². The lowest BCUT2D eigenvalue weighted by molar-refractivity contribution is 0.490. The van der Waals surface area contributed by atoms with E-state index in [4.69, 9.17) is 11.6 Å². The molecule has 0 fully saturated rings. The van der Waals surface area contributed by atoms with Crippen molar-refractivity contribution < 1.29 is 4.39 Å². The van der Waals surface area contributed by atoms with E-state index in [0.717, 1.165) is 16.1 Å². The zero-order valence-electron chi connectivity index (χ0n) is 10.9. The molecule has 2 rings (SSSR count). The van der Waals surface area contributed by atoms with E-state index in [0.29, 0.717) is 0 Å². The van der Waals surface area contributed by atoms with Crippen LogP contribution in [0.4, 0.5) is 4.39 Å². The normalized spacial score (nSPS) is 14.1. The molecule has 2 aromatic rings. The molecule has 0 aliphatic heterocycles. The van der Waals surface area contributed by atoms with Gasteiger partial charge in [0.05, 0.1) is 6.20 Å². The highest BCUT2D eigenvalue weighted by Gasteiger charge is 2.13. The highest BCUT2D eigenvalue weighted by atomic mass is 35.5. The van der Waals surface area contributed by atoms with Gasteiger partial charge in [0, 0.05) is 23.3 Å². The molecule has 1 heterocycles. The first-order valence-corrected chi connectivity index (χ1v) is 6.56. The average Bonchev–Trinajstić information content (AvgIpc) is 2.39. The third-order valence-corrected chi connectivity index (χ3v) is 3.44. The maximum Gasteiger partial charge on any atom is 0.141 e. The van der Waals surface area contributed by atoms with Crippen LogP contribution >= 0.6 is 11.6 Å². The number of nitrogens with one attached hydrogen (secondary N) is 1. The molecular formula is C15H16ClFN2. The highest BCUT2D eigenvalue weighted by Crippen LogP contribution is 2.25. The Hall–Kier alpha value is -1.45. The zero-order chi connectivity index (χ0) is 13.8. The molecule has 0 radical (unpaired) electrons. The Kier molecular flexibility index (Phi) is 4.51. The van der Waals surface area contributed by atoms with E-state index in [9.17, 15) is 4.39 Å². The fourth-order valence-electron chi connectivity index (χ4n) is 2.05. The summed E-state index contributed by atoms with van der Waals surface area (Å²) >= 11 is 6.16. The number of benzene rings is 1. The van der Waals surface area contributed by atoms with Gasteiger partial charge in [-0.15, -0.1) is 0 Å². The summed E-state index contributed by atoms with van der Waals surface area (Å²) in [5.41, 5.74) is 1.85. The van der Waals surface area contributed by atoms with Crippen LogP contribution < -0.4 is 5.32 Å². The minimum Gasteiger partial charge on any atom is -0.304 e. The molecule has 4 heteroatoms. The number of hydrogen-bond acceptors (Lipinski definition) is 2. The summed E-state index contributed by atoms with van der Waals surface area (Å²) in [6.45, 7) is 4.01. The van der Waals surface area contributed by atoms with Crippen molar-refractivity contribution >= 4 is 11.6 Å². The SMILES string of the molecule is CC(N[C@H](C)c1ccccc1Cl)c1cncc(F)c1. The molecule has 100 valence electrons. The van der Waals surface area contributed by atoms with Crippen LogP contribution in [-0.4, -0.2) is 4.98 Å². The summed E-state index contributed by atoms with van der Waals surface area (Å²) in [6.07, 6.45) is 2.87. The van der Waals surface area contributed by atoms with Gasteiger partial charge in [0.25, 0.3) is 0 Å². The van der Waals surface area contributed by atoms with Crippen LogP contribution in [0.5, 0.6) is 0 Å². The Morgan fingerprint density at radius 1 is 1.16 bits per heavy atom. The fourth-order valence-corrected chi connectivity index (χ4v) is 2.35. The van der Waals surface area contributed by atoms with Gasteiger partial charge in [-0.25, -0.2) is 4.39 Å². The van der Waals surface area contributed by atoms with Gasteiger partial charge in [0.2, 0.25) is 0 Å². The van der Waals surface area contributed by atoms with E-state index in [1.807, 2.05) is 38.1 Å². The van der Waals surface area contributed by atoms with Crippen molar-refractivity contribution in [2.24, 2.45) is 0 Å². The molecule has 0 aliphatic rings. The van der Waals surface area contributed by atoms with Crippen molar-refractivity contribution in [3.63, 3.8) is 0 Å². The van der Waals surface area contributed by atoms with Gasteiger partial charge in [0.1, 0.15) is 5.82 Å². The first kappa shape index (κ1) is 14.0. The Morgan fingerprint density at radius 3 is 2.58 bits per heavy atom. The quantitative estimate of drug-likeness (QED) is 0.903. The monoisotopic (exact) mass is 278 g/mol. The van der Waals surface area contributed by atoms with E-state index >= 15 is 0 Å². The molecule has 1 aromatic carbocycles. The van der Waals surface area contributed by atoms with Crippen LogP contribution in [-0.2, 0) is 0 Å². The number of halogens is 2. The number of pyridine rings is 1. The molecule has 2 nitrogen and oxygen atoms in total. The van der Waals surface area contributed by atoms with E-state index in [-0.39, 0.29) is 17.9 Å². The molecule has 19 heavy (non-hydrogen) atoms. The van der Waals surface area contributed by atoms with E-state index < -0.39 is 0 Å². The van der Waals surface area contributed by atoms with Crippen molar-refractivity contribution in [2.75, 3.05) is 0 Å².